The number of halogens is 1. The highest BCUT2D eigenvalue weighted by atomic mass is 35.5. The maximum absolute atomic E-state index is 6.58. The third-order valence-corrected chi connectivity index (χ3v) is 5.35. The summed E-state index contributed by atoms with van der Waals surface area (Å²) in [5.74, 6) is 1.21. The molecule has 1 aromatic carbocycles. The molecule has 2 fully saturated rings. The quantitative estimate of drug-likeness (QED) is 0.836. The summed E-state index contributed by atoms with van der Waals surface area (Å²) in [6.45, 7) is 7.50. The molecule has 2 saturated heterocycles. The molecule has 0 atom stereocenters. The molecule has 0 saturated carbocycles. The van der Waals surface area contributed by atoms with Gasteiger partial charge in [0.2, 0.25) is 11.7 Å². The summed E-state index contributed by atoms with van der Waals surface area (Å²) < 4.78 is 10.7. The van der Waals surface area contributed by atoms with Crippen LogP contribution < -0.4 is 4.90 Å². The minimum absolute atomic E-state index is 0.160. The van der Waals surface area contributed by atoms with E-state index in [1.54, 1.807) is 0 Å². The standard InChI is InChI=1S/C18H23ClN4O2/c1-18(11-24-12-18)17-20-16(21-25-17)13-4-5-15(14(19)10-13)23-7-3-6-22(2)8-9-23/h4-5,10H,3,6-9,11-12H2,1-2H3. The minimum Gasteiger partial charge on any atom is -0.379 e. The average Bonchev–Trinajstić information content (AvgIpc) is 2.97. The minimum atomic E-state index is -0.160. The van der Waals surface area contributed by atoms with Gasteiger partial charge in [0, 0.05) is 25.2 Å². The largest absolute Gasteiger partial charge is 0.379 e. The van der Waals surface area contributed by atoms with E-state index in [1.807, 2.05) is 12.1 Å². The Morgan fingerprint density at radius 1 is 1.16 bits per heavy atom. The zero-order valence-corrected chi connectivity index (χ0v) is 15.4. The highest BCUT2D eigenvalue weighted by molar-refractivity contribution is 6.33. The van der Waals surface area contributed by atoms with Crippen molar-refractivity contribution in [3.05, 3.63) is 29.1 Å². The molecule has 4 rings (SSSR count). The first-order chi connectivity index (χ1) is 12.0. The molecule has 2 aliphatic heterocycles. The second-order valence-corrected chi connectivity index (χ2v) is 7.69. The molecule has 7 heteroatoms. The lowest BCUT2D eigenvalue weighted by Crippen LogP contribution is -2.44. The van der Waals surface area contributed by atoms with Crippen molar-refractivity contribution < 1.29 is 9.26 Å². The predicted molar refractivity (Wildman–Crippen MR) is 97.2 cm³/mol. The van der Waals surface area contributed by atoms with Crippen LogP contribution in [0.1, 0.15) is 19.2 Å². The van der Waals surface area contributed by atoms with Crippen LogP contribution in [-0.4, -0.2) is 61.5 Å². The summed E-state index contributed by atoms with van der Waals surface area (Å²) >= 11 is 6.58. The van der Waals surface area contributed by atoms with Gasteiger partial charge in [-0.3, -0.25) is 0 Å². The molecule has 1 aromatic heterocycles. The van der Waals surface area contributed by atoms with Gasteiger partial charge in [-0.05, 0) is 45.1 Å². The van der Waals surface area contributed by atoms with E-state index < -0.39 is 0 Å². The smallest absolute Gasteiger partial charge is 0.237 e. The van der Waals surface area contributed by atoms with Crippen LogP contribution in [0.25, 0.3) is 11.4 Å². The van der Waals surface area contributed by atoms with Gasteiger partial charge in [0.25, 0.3) is 0 Å². The molecule has 0 radical (unpaired) electrons. The first-order valence-electron chi connectivity index (χ1n) is 8.70. The van der Waals surface area contributed by atoms with E-state index in [-0.39, 0.29) is 5.41 Å². The fourth-order valence-corrected chi connectivity index (χ4v) is 3.61. The average molecular weight is 363 g/mol. The SMILES string of the molecule is CN1CCCN(c2ccc(-c3noc(C4(C)COC4)n3)cc2Cl)CC1. The molecule has 0 spiro atoms. The van der Waals surface area contributed by atoms with Gasteiger partial charge in [-0.2, -0.15) is 4.98 Å². The number of ether oxygens (including phenoxy) is 1. The Morgan fingerprint density at radius 2 is 2.00 bits per heavy atom. The van der Waals surface area contributed by atoms with Crippen molar-refractivity contribution in [3.63, 3.8) is 0 Å². The van der Waals surface area contributed by atoms with Gasteiger partial charge in [0.05, 0.1) is 29.3 Å². The van der Waals surface area contributed by atoms with Crippen molar-refractivity contribution in [3.8, 4) is 11.4 Å². The van der Waals surface area contributed by atoms with Crippen LogP contribution in [0.3, 0.4) is 0 Å². The Morgan fingerprint density at radius 3 is 2.72 bits per heavy atom. The summed E-state index contributed by atoms with van der Waals surface area (Å²) in [6.07, 6.45) is 1.14. The fraction of sp³-hybridized carbons (Fsp3) is 0.556. The molecule has 0 amide bonds. The number of hydrogen-bond donors (Lipinski definition) is 0. The highest BCUT2D eigenvalue weighted by Crippen LogP contribution is 2.34. The Balaban J connectivity index is 1.55. The first-order valence-corrected chi connectivity index (χ1v) is 9.08. The normalized spacial score (nSPS) is 21.0. The lowest BCUT2D eigenvalue weighted by molar-refractivity contribution is -0.0644. The number of benzene rings is 1. The molecule has 0 bridgehead atoms. The fourth-order valence-electron chi connectivity index (χ4n) is 3.31. The van der Waals surface area contributed by atoms with Crippen molar-refractivity contribution >= 4 is 17.3 Å². The molecule has 25 heavy (non-hydrogen) atoms. The zero-order chi connectivity index (χ0) is 17.4. The highest BCUT2D eigenvalue weighted by Gasteiger charge is 2.40. The van der Waals surface area contributed by atoms with Crippen LogP contribution in [0.2, 0.25) is 5.02 Å². The van der Waals surface area contributed by atoms with Gasteiger partial charge in [-0.25, -0.2) is 0 Å². The second-order valence-electron chi connectivity index (χ2n) is 7.29. The summed E-state index contributed by atoms with van der Waals surface area (Å²) in [7, 11) is 2.16. The van der Waals surface area contributed by atoms with Crippen molar-refractivity contribution in [1.82, 2.24) is 15.0 Å². The van der Waals surface area contributed by atoms with E-state index in [2.05, 4.69) is 40.0 Å². The van der Waals surface area contributed by atoms with Gasteiger partial charge in [-0.15, -0.1) is 0 Å². The van der Waals surface area contributed by atoms with Gasteiger partial charge in [0.1, 0.15) is 0 Å². The van der Waals surface area contributed by atoms with Gasteiger partial charge in [0.15, 0.2) is 0 Å². The number of hydrogen-bond acceptors (Lipinski definition) is 6. The molecule has 0 N–H and O–H groups in total. The molecular weight excluding hydrogens is 340 g/mol. The maximum atomic E-state index is 6.58. The van der Waals surface area contributed by atoms with Gasteiger partial charge < -0.3 is 19.1 Å². The van der Waals surface area contributed by atoms with E-state index in [0.717, 1.165) is 48.9 Å². The molecule has 134 valence electrons. The molecule has 2 aliphatic rings. The first kappa shape index (κ1) is 16.8. The van der Waals surface area contributed by atoms with Crippen molar-refractivity contribution in [1.29, 1.82) is 0 Å². The summed E-state index contributed by atoms with van der Waals surface area (Å²) in [5, 5.41) is 4.85. The number of anilines is 1. The van der Waals surface area contributed by atoms with Gasteiger partial charge >= 0.3 is 0 Å². The molecule has 0 aliphatic carbocycles. The molecule has 0 unspecified atom stereocenters. The maximum Gasteiger partial charge on any atom is 0.237 e. The topological polar surface area (TPSA) is 54.6 Å². The zero-order valence-electron chi connectivity index (χ0n) is 14.7. The lowest BCUT2D eigenvalue weighted by atomic mass is 9.89. The third kappa shape index (κ3) is 3.26. The Bertz CT molecular complexity index is 759. The van der Waals surface area contributed by atoms with E-state index >= 15 is 0 Å². The van der Waals surface area contributed by atoms with Crippen LogP contribution in [-0.2, 0) is 10.2 Å². The molecule has 6 nitrogen and oxygen atoms in total. The Labute approximate surface area is 152 Å². The predicted octanol–water partition coefficient (Wildman–Crippen LogP) is 2.82. The number of rotatable bonds is 3. The van der Waals surface area contributed by atoms with Crippen LogP contribution in [0.15, 0.2) is 22.7 Å². The van der Waals surface area contributed by atoms with E-state index in [9.17, 15) is 0 Å². The third-order valence-electron chi connectivity index (χ3n) is 5.05. The summed E-state index contributed by atoms with van der Waals surface area (Å²) in [4.78, 5) is 9.25. The number of likely N-dealkylation sites (N-methyl/N-ethyl adjacent to an activating group) is 1. The van der Waals surface area contributed by atoms with Crippen LogP contribution in [0, 0.1) is 0 Å². The summed E-state index contributed by atoms with van der Waals surface area (Å²) in [6, 6.07) is 6.01. The monoisotopic (exact) mass is 362 g/mol. The van der Waals surface area contributed by atoms with Crippen LogP contribution in [0.4, 0.5) is 5.69 Å². The van der Waals surface area contributed by atoms with Crippen molar-refractivity contribution in [2.45, 2.75) is 18.8 Å². The summed E-state index contributed by atoms with van der Waals surface area (Å²) in [5.41, 5.74) is 1.79. The van der Waals surface area contributed by atoms with Crippen molar-refractivity contribution in [2.75, 3.05) is 51.3 Å². The van der Waals surface area contributed by atoms with Crippen LogP contribution in [0.5, 0.6) is 0 Å². The second kappa shape index (κ2) is 6.59. The van der Waals surface area contributed by atoms with E-state index in [1.165, 1.54) is 0 Å². The van der Waals surface area contributed by atoms with Gasteiger partial charge in [-0.1, -0.05) is 16.8 Å². The van der Waals surface area contributed by atoms with E-state index in [0.29, 0.717) is 24.9 Å². The molecule has 3 heterocycles. The van der Waals surface area contributed by atoms with Crippen molar-refractivity contribution in [2.24, 2.45) is 0 Å². The number of nitrogens with zero attached hydrogens (tertiary/aromatic N) is 4. The Kier molecular flexibility index (Phi) is 4.43. The Hall–Kier alpha value is -1.63. The number of aromatic nitrogens is 2. The van der Waals surface area contributed by atoms with Crippen LogP contribution >= 0.6 is 11.6 Å². The molecular formula is C18H23ClN4O2. The molecule has 2 aromatic rings. The lowest BCUT2D eigenvalue weighted by Gasteiger charge is -2.33. The van der Waals surface area contributed by atoms with E-state index in [4.69, 9.17) is 20.9 Å².